The van der Waals surface area contributed by atoms with Gasteiger partial charge in [0.05, 0.1) is 13.2 Å². The van der Waals surface area contributed by atoms with E-state index < -0.39 is 0 Å². The van der Waals surface area contributed by atoms with Gasteiger partial charge in [0.1, 0.15) is 0 Å². The zero-order chi connectivity index (χ0) is 19.6. The number of aromatic nitrogens is 4. The molecule has 2 fully saturated rings. The van der Waals surface area contributed by atoms with Crippen molar-refractivity contribution in [3.05, 3.63) is 65.2 Å². The quantitative estimate of drug-likeness (QED) is 0.525. The number of hydrogen-bond donors (Lipinski definition) is 0. The molecule has 5 rings (SSSR count). The number of nitrogens with zero attached hydrogens (tertiary/aromatic N) is 5. The van der Waals surface area contributed by atoms with E-state index in [0.29, 0.717) is 12.1 Å². The van der Waals surface area contributed by atoms with Crippen molar-refractivity contribution >= 4 is 12.2 Å². The van der Waals surface area contributed by atoms with Crippen LogP contribution in [-0.4, -0.2) is 36.3 Å². The van der Waals surface area contributed by atoms with E-state index in [1.54, 1.807) is 6.20 Å². The molecule has 1 aromatic carbocycles. The maximum absolute atomic E-state index is 5.93. The summed E-state index contributed by atoms with van der Waals surface area (Å²) in [5.41, 5.74) is 2.23. The molecule has 29 heavy (non-hydrogen) atoms. The Balaban J connectivity index is 1.51. The highest BCUT2D eigenvalue weighted by molar-refractivity contribution is 7.71. The van der Waals surface area contributed by atoms with E-state index in [-0.39, 0.29) is 0 Å². The van der Waals surface area contributed by atoms with Crippen LogP contribution in [0.25, 0.3) is 11.4 Å². The Hall–Kier alpha value is -2.31. The van der Waals surface area contributed by atoms with Gasteiger partial charge in [0, 0.05) is 30.0 Å². The van der Waals surface area contributed by atoms with Crippen LogP contribution in [0.15, 0.2) is 54.9 Å². The van der Waals surface area contributed by atoms with Gasteiger partial charge in [-0.15, -0.1) is 0 Å². The lowest BCUT2D eigenvalue weighted by Gasteiger charge is -2.28. The largest absolute Gasteiger partial charge is 0.295 e. The van der Waals surface area contributed by atoms with Crippen molar-refractivity contribution in [2.75, 3.05) is 0 Å². The number of rotatable bonds is 7. The highest BCUT2D eigenvalue weighted by Gasteiger charge is 2.35. The lowest BCUT2D eigenvalue weighted by molar-refractivity contribution is 0.134. The van der Waals surface area contributed by atoms with Crippen molar-refractivity contribution in [3.8, 4) is 11.4 Å². The van der Waals surface area contributed by atoms with Gasteiger partial charge in [-0.1, -0.05) is 43.2 Å². The van der Waals surface area contributed by atoms with Crippen LogP contribution >= 0.6 is 12.2 Å². The van der Waals surface area contributed by atoms with E-state index in [1.807, 2.05) is 23.0 Å². The van der Waals surface area contributed by atoms with Crippen molar-refractivity contribution in [2.24, 2.45) is 0 Å². The summed E-state index contributed by atoms with van der Waals surface area (Å²) in [4.78, 5) is 6.97. The second kappa shape index (κ2) is 8.20. The Morgan fingerprint density at radius 1 is 0.966 bits per heavy atom. The first-order valence-electron chi connectivity index (χ1n) is 10.7. The Kier molecular flexibility index (Phi) is 5.29. The normalized spacial score (nSPS) is 17.3. The van der Waals surface area contributed by atoms with Gasteiger partial charge in [0.2, 0.25) is 0 Å². The van der Waals surface area contributed by atoms with Gasteiger partial charge in [-0.3, -0.25) is 14.5 Å². The third-order valence-corrected chi connectivity index (χ3v) is 6.56. The molecule has 0 spiro atoms. The first kappa shape index (κ1) is 18.7. The molecule has 3 aromatic rings. The van der Waals surface area contributed by atoms with Gasteiger partial charge in [0.15, 0.2) is 10.6 Å². The molecular weight excluding hydrogens is 378 g/mol. The predicted molar refractivity (Wildman–Crippen MR) is 117 cm³/mol. The highest BCUT2D eigenvalue weighted by atomic mass is 32.1. The van der Waals surface area contributed by atoms with Crippen LogP contribution in [0.2, 0.25) is 0 Å². The molecule has 0 aliphatic heterocycles. The summed E-state index contributed by atoms with van der Waals surface area (Å²) in [6, 6.07) is 15.9. The Bertz CT molecular complexity index is 1000. The second-order valence-electron chi connectivity index (χ2n) is 8.24. The third-order valence-electron chi connectivity index (χ3n) is 6.13. The standard InChI is InChI=1S/C23H27N5S/c29-23-26(16-18-7-2-1-3-8-18)22(19-9-6-14-24-15-19)25-28(23)17-27(21-12-13-21)20-10-4-5-11-20/h1-3,6-9,14-15,20-21H,4-5,10-13,16-17H2. The smallest absolute Gasteiger partial charge is 0.199 e. The minimum Gasteiger partial charge on any atom is -0.295 e. The maximum atomic E-state index is 5.93. The number of hydrogen-bond acceptors (Lipinski definition) is 4. The molecule has 2 aliphatic rings. The molecule has 6 heteroatoms. The van der Waals surface area contributed by atoms with Crippen molar-refractivity contribution < 1.29 is 0 Å². The van der Waals surface area contributed by atoms with Crippen molar-refractivity contribution in [1.82, 2.24) is 24.2 Å². The van der Waals surface area contributed by atoms with E-state index >= 15 is 0 Å². The molecule has 0 radical (unpaired) electrons. The van der Waals surface area contributed by atoms with Gasteiger partial charge in [0.25, 0.3) is 0 Å². The minimum atomic E-state index is 0.686. The fraction of sp³-hybridized carbons (Fsp3) is 0.435. The van der Waals surface area contributed by atoms with E-state index in [0.717, 1.165) is 29.4 Å². The average Bonchev–Trinajstić information content (AvgIpc) is 3.37. The molecule has 150 valence electrons. The highest BCUT2D eigenvalue weighted by Crippen LogP contribution is 2.35. The van der Waals surface area contributed by atoms with Gasteiger partial charge in [-0.25, -0.2) is 4.68 Å². The Morgan fingerprint density at radius 2 is 1.72 bits per heavy atom. The maximum Gasteiger partial charge on any atom is 0.199 e. The summed E-state index contributed by atoms with van der Waals surface area (Å²) in [6.07, 6.45) is 11.6. The topological polar surface area (TPSA) is 38.9 Å². The van der Waals surface area contributed by atoms with Crippen molar-refractivity contribution in [2.45, 2.75) is 63.8 Å². The Morgan fingerprint density at radius 3 is 2.41 bits per heavy atom. The molecule has 0 amide bonds. The van der Waals surface area contributed by atoms with Gasteiger partial charge in [-0.2, -0.15) is 5.10 Å². The molecule has 0 bridgehead atoms. The van der Waals surface area contributed by atoms with Crippen LogP contribution in [0.3, 0.4) is 0 Å². The first-order chi connectivity index (χ1) is 14.3. The van der Waals surface area contributed by atoms with Crippen LogP contribution in [0, 0.1) is 4.77 Å². The van der Waals surface area contributed by atoms with Crippen molar-refractivity contribution in [3.63, 3.8) is 0 Å². The molecule has 0 atom stereocenters. The monoisotopic (exact) mass is 405 g/mol. The molecule has 2 saturated carbocycles. The molecule has 0 unspecified atom stereocenters. The van der Waals surface area contributed by atoms with Crippen molar-refractivity contribution in [1.29, 1.82) is 0 Å². The summed E-state index contributed by atoms with van der Waals surface area (Å²) in [5.74, 6) is 0.897. The van der Waals surface area contributed by atoms with E-state index in [1.165, 1.54) is 44.1 Å². The summed E-state index contributed by atoms with van der Waals surface area (Å²) in [6.45, 7) is 1.51. The van der Waals surface area contributed by atoms with Gasteiger partial charge < -0.3 is 0 Å². The van der Waals surface area contributed by atoms with Crippen LogP contribution in [0.4, 0.5) is 0 Å². The van der Waals surface area contributed by atoms with Gasteiger partial charge >= 0.3 is 0 Å². The van der Waals surface area contributed by atoms with E-state index in [9.17, 15) is 0 Å². The van der Waals surface area contributed by atoms with E-state index in [4.69, 9.17) is 17.3 Å². The fourth-order valence-electron chi connectivity index (χ4n) is 4.48. The van der Waals surface area contributed by atoms with Gasteiger partial charge in [-0.05, 0) is 55.6 Å². The zero-order valence-corrected chi connectivity index (χ0v) is 17.5. The van der Waals surface area contributed by atoms with Crippen LogP contribution in [0.1, 0.15) is 44.1 Å². The molecule has 2 aliphatic carbocycles. The molecule has 5 nitrogen and oxygen atoms in total. The molecule has 0 saturated heterocycles. The van der Waals surface area contributed by atoms with E-state index in [2.05, 4.69) is 44.8 Å². The average molecular weight is 406 g/mol. The van der Waals surface area contributed by atoms with Crippen LogP contribution in [-0.2, 0) is 13.2 Å². The lowest BCUT2D eigenvalue weighted by atomic mass is 10.2. The SMILES string of the molecule is S=c1n(CN(C2CCCC2)C2CC2)nc(-c2cccnc2)n1Cc1ccccc1. The lowest BCUT2D eigenvalue weighted by Crippen LogP contribution is -2.37. The second-order valence-corrected chi connectivity index (χ2v) is 8.61. The molecule has 2 heterocycles. The summed E-state index contributed by atoms with van der Waals surface area (Å²) >= 11 is 5.93. The number of pyridine rings is 1. The summed E-state index contributed by atoms with van der Waals surface area (Å²) < 4.78 is 4.98. The molecule has 2 aromatic heterocycles. The Labute approximate surface area is 177 Å². The van der Waals surface area contributed by atoms with Crippen LogP contribution in [0.5, 0.6) is 0 Å². The first-order valence-corrected chi connectivity index (χ1v) is 11.1. The predicted octanol–water partition coefficient (Wildman–Crippen LogP) is 4.89. The molecule has 0 N–H and O–H groups in total. The summed E-state index contributed by atoms with van der Waals surface area (Å²) in [7, 11) is 0. The third kappa shape index (κ3) is 4.05. The molecular formula is C23H27N5S. The summed E-state index contributed by atoms with van der Waals surface area (Å²) in [5, 5.41) is 4.99. The number of benzene rings is 1. The zero-order valence-electron chi connectivity index (χ0n) is 16.7. The minimum absolute atomic E-state index is 0.686. The fourth-order valence-corrected chi connectivity index (χ4v) is 4.73. The van der Waals surface area contributed by atoms with Crippen LogP contribution < -0.4 is 0 Å².